The Kier molecular flexibility index (Phi) is 6.68. The minimum Gasteiger partial charge on any atom is -0.393 e. The molecule has 0 radical (unpaired) electrons. The van der Waals surface area contributed by atoms with Crippen LogP contribution in [0.2, 0.25) is 0 Å². The van der Waals surface area contributed by atoms with Crippen LogP contribution in [0.1, 0.15) is 34.1 Å². The molecule has 1 rings (SSSR count). The van der Waals surface area contributed by atoms with Crippen LogP contribution in [0.4, 0.5) is 16.2 Å². The topological polar surface area (TPSA) is 64.6 Å². The van der Waals surface area contributed by atoms with Gasteiger partial charge in [0.2, 0.25) is 0 Å². The van der Waals surface area contributed by atoms with E-state index >= 15 is 0 Å². The first kappa shape index (κ1) is 18.3. The second-order valence-electron chi connectivity index (χ2n) is 6.59. The Labute approximate surface area is 133 Å². The zero-order chi connectivity index (χ0) is 16.8. The van der Waals surface area contributed by atoms with E-state index in [-0.39, 0.29) is 17.6 Å². The molecule has 0 fully saturated rings. The van der Waals surface area contributed by atoms with Gasteiger partial charge in [-0.2, -0.15) is 0 Å². The summed E-state index contributed by atoms with van der Waals surface area (Å²) in [6.07, 6.45) is 0.269. The number of amides is 2. The molecule has 0 aliphatic heterocycles. The van der Waals surface area contributed by atoms with Crippen molar-refractivity contribution in [3.05, 3.63) is 24.3 Å². The molecule has 0 saturated carbocycles. The summed E-state index contributed by atoms with van der Waals surface area (Å²) in [5, 5.41) is 15.2. The van der Waals surface area contributed by atoms with Crippen molar-refractivity contribution in [1.82, 2.24) is 5.32 Å². The Morgan fingerprint density at radius 1 is 1.41 bits per heavy atom. The normalized spacial score (nSPS) is 12.6. The van der Waals surface area contributed by atoms with Crippen LogP contribution in [0.15, 0.2) is 24.3 Å². The Hall–Kier alpha value is -1.75. The van der Waals surface area contributed by atoms with Crippen molar-refractivity contribution in [3.63, 3.8) is 0 Å². The molecule has 2 amide bonds. The van der Waals surface area contributed by atoms with Gasteiger partial charge in [0.05, 0.1) is 6.10 Å². The van der Waals surface area contributed by atoms with Gasteiger partial charge >= 0.3 is 6.03 Å². The Balaban J connectivity index is 2.55. The van der Waals surface area contributed by atoms with E-state index in [4.69, 9.17) is 0 Å². The fraction of sp³-hybridized carbons (Fsp3) is 0.588. The zero-order valence-electron chi connectivity index (χ0n) is 14.3. The Morgan fingerprint density at radius 3 is 2.68 bits per heavy atom. The van der Waals surface area contributed by atoms with Crippen LogP contribution in [-0.4, -0.2) is 37.4 Å². The molecule has 22 heavy (non-hydrogen) atoms. The lowest BCUT2D eigenvalue weighted by Gasteiger charge is -2.26. The van der Waals surface area contributed by atoms with Crippen LogP contribution in [-0.2, 0) is 0 Å². The molecule has 0 aromatic heterocycles. The third-order valence-corrected chi connectivity index (χ3v) is 3.59. The van der Waals surface area contributed by atoms with Crippen molar-refractivity contribution in [2.45, 2.75) is 40.2 Å². The van der Waals surface area contributed by atoms with Gasteiger partial charge in [0, 0.05) is 31.5 Å². The molecule has 0 aliphatic rings. The summed E-state index contributed by atoms with van der Waals surface area (Å²) in [7, 11) is 2.01. The van der Waals surface area contributed by atoms with Gasteiger partial charge in [-0.3, -0.25) is 0 Å². The van der Waals surface area contributed by atoms with Crippen LogP contribution in [0.25, 0.3) is 0 Å². The highest BCUT2D eigenvalue weighted by atomic mass is 16.3. The first-order chi connectivity index (χ1) is 10.2. The molecule has 1 aromatic carbocycles. The molecule has 1 aromatic rings. The zero-order valence-corrected chi connectivity index (χ0v) is 14.3. The lowest BCUT2D eigenvalue weighted by atomic mass is 9.87. The maximum Gasteiger partial charge on any atom is 0.319 e. The highest BCUT2D eigenvalue weighted by molar-refractivity contribution is 5.89. The van der Waals surface area contributed by atoms with E-state index in [1.807, 2.05) is 45.2 Å². The molecular formula is C17H29N3O2. The standard InChI is InChI=1S/C17H29N3O2/c1-6-20(5)15-9-7-8-14(10-15)19-16(22)18-12-17(3,4)11-13(2)21/h7-10,13,21H,6,11-12H2,1-5H3,(H2,18,19,22)/t13-/m0/s1. The number of rotatable bonds is 7. The number of benzene rings is 1. The molecular weight excluding hydrogens is 278 g/mol. The van der Waals surface area contributed by atoms with E-state index in [1.54, 1.807) is 6.92 Å². The predicted octanol–water partition coefficient (Wildman–Crippen LogP) is 3.06. The number of nitrogens with zero attached hydrogens (tertiary/aromatic N) is 1. The number of carbonyl (C=O) groups is 1. The lowest BCUT2D eigenvalue weighted by molar-refractivity contribution is 0.129. The highest BCUT2D eigenvalue weighted by Gasteiger charge is 2.21. The Bertz CT molecular complexity index is 487. The van der Waals surface area contributed by atoms with E-state index in [9.17, 15) is 9.90 Å². The molecule has 5 nitrogen and oxygen atoms in total. The van der Waals surface area contributed by atoms with Crippen molar-refractivity contribution in [2.24, 2.45) is 5.41 Å². The average Bonchev–Trinajstić information content (AvgIpc) is 2.43. The van der Waals surface area contributed by atoms with Gasteiger partial charge < -0.3 is 20.6 Å². The monoisotopic (exact) mass is 307 g/mol. The molecule has 5 heteroatoms. The smallest absolute Gasteiger partial charge is 0.319 e. The summed E-state index contributed by atoms with van der Waals surface area (Å²) in [5.74, 6) is 0. The maximum absolute atomic E-state index is 12.0. The van der Waals surface area contributed by atoms with Crippen molar-refractivity contribution in [3.8, 4) is 0 Å². The number of anilines is 2. The minimum atomic E-state index is -0.374. The second-order valence-corrected chi connectivity index (χ2v) is 6.59. The third-order valence-electron chi connectivity index (χ3n) is 3.59. The SMILES string of the molecule is CCN(C)c1cccc(NC(=O)NCC(C)(C)C[C@H](C)O)c1. The minimum absolute atomic E-state index is 0.143. The van der Waals surface area contributed by atoms with Gasteiger partial charge in [0.25, 0.3) is 0 Å². The van der Waals surface area contributed by atoms with Crippen LogP contribution in [0, 0.1) is 5.41 Å². The highest BCUT2D eigenvalue weighted by Crippen LogP contribution is 2.21. The van der Waals surface area contributed by atoms with Crippen LogP contribution >= 0.6 is 0 Å². The number of hydrogen-bond acceptors (Lipinski definition) is 3. The second kappa shape index (κ2) is 8.03. The van der Waals surface area contributed by atoms with E-state index in [0.29, 0.717) is 13.0 Å². The summed E-state index contributed by atoms with van der Waals surface area (Å²) in [6.45, 7) is 9.31. The predicted molar refractivity (Wildman–Crippen MR) is 92.5 cm³/mol. The van der Waals surface area contributed by atoms with Crippen LogP contribution < -0.4 is 15.5 Å². The first-order valence-corrected chi connectivity index (χ1v) is 7.77. The molecule has 3 N–H and O–H groups in total. The summed E-state index contributed by atoms with van der Waals surface area (Å²) in [5.41, 5.74) is 1.69. The molecule has 0 aliphatic carbocycles. The number of urea groups is 1. The van der Waals surface area contributed by atoms with Gasteiger partial charge in [0.15, 0.2) is 0 Å². The average molecular weight is 307 g/mol. The molecule has 124 valence electrons. The van der Waals surface area contributed by atoms with E-state index < -0.39 is 0 Å². The van der Waals surface area contributed by atoms with E-state index in [1.165, 1.54) is 0 Å². The fourth-order valence-electron chi connectivity index (χ4n) is 2.37. The number of carbonyl (C=O) groups excluding carboxylic acids is 1. The summed E-state index contributed by atoms with van der Waals surface area (Å²) in [6, 6.07) is 7.53. The number of hydrogen-bond donors (Lipinski definition) is 3. The third kappa shape index (κ3) is 6.35. The Morgan fingerprint density at radius 2 is 2.09 bits per heavy atom. The number of nitrogens with one attached hydrogen (secondary N) is 2. The van der Waals surface area contributed by atoms with Gasteiger partial charge in [-0.25, -0.2) is 4.79 Å². The summed E-state index contributed by atoms with van der Waals surface area (Å²) in [4.78, 5) is 14.1. The van der Waals surface area contributed by atoms with E-state index in [2.05, 4.69) is 22.5 Å². The van der Waals surface area contributed by atoms with Crippen molar-refractivity contribution in [1.29, 1.82) is 0 Å². The van der Waals surface area contributed by atoms with Gasteiger partial charge in [-0.1, -0.05) is 19.9 Å². The quantitative estimate of drug-likeness (QED) is 0.725. The molecule has 0 unspecified atom stereocenters. The number of aliphatic hydroxyl groups is 1. The van der Waals surface area contributed by atoms with Crippen molar-refractivity contribution < 1.29 is 9.90 Å². The van der Waals surface area contributed by atoms with Crippen molar-refractivity contribution in [2.75, 3.05) is 30.4 Å². The van der Waals surface area contributed by atoms with E-state index in [0.717, 1.165) is 17.9 Å². The molecule has 0 heterocycles. The molecule has 1 atom stereocenters. The lowest BCUT2D eigenvalue weighted by Crippen LogP contribution is -2.38. The maximum atomic E-state index is 12.0. The van der Waals surface area contributed by atoms with Gasteiger partial charge in [0.1, 0.15) is 0 Å². The molecule has 0 spiro atoms. The first-order valence-electron chi connectivity index (χ1n) is 7.77. The van der Waals surface area contributed by atoms with Crippen molar-refractivity contribution >= 4 is 17.4 Å². The molecule has 0 bridgehead atoms. The van der Waals surface area contributed by atoms with Crippen LogP contribution in [0.3, 0.4) is 0 Å². The largest absolute Gasteiger partial charge is 0.393 e. The van der Waals surface area contributed by atoms with Gasteiger partial charge in [-0.15, -0.1) is 0 Å². The number of aliphatic hydroxyl groups excluding tert-OH is 1. The summed E-state index contributed by atoms with van der Waals surface area (Å²) >= 11 is 0. The van der Waals surface area contributed by atoms with Gasteiger partial charge in [-0.05, 0) is 43.9 Å². The molecule has 0 saturated heterocycles. The fourth-order valence-corrected chi connectivity index (χ4v) is 2.37. The summed E-state index contributed by atoms with van der Waals surface area (Å²) < 4.78 is 0. The van der Waals surface area contributed by atoms with Crippen LogP contribution in [0.5, 0.6) is 0 Å².